The highest BCUT2D eigenvalue weighted by Crippen LogP contribution is 2.26. The predicted octanol–water partition coefficient (Wildman–Crippen LogP) is 0.709. The number of hydrogen-bond acceptors (Lipinski definition) is 5. The summed E-state index contributed by atoms with van der Waals surface area (Å²) in [6.07, 6.45) is 5.93. The lowest BCUT2D eigenvalue weighted by Crippen LogP contribution is -2.41. The summed E-state index contributed by atoms with van der Waals surface area (Å²) in [4.78, 5) is 20.2. The first-order valence-electron chi connectivity index (χ1n) is 6.92. The number of nitrogens with one attached hydrogen (secondary N) is 2. The molecule has 6 heteroatoms. The number of nitrogens with zero attached hydrogens (tertiary/aromatic N) is 2. The fourth-order valence-electron chi connectivity index (χ4n) is 2.81. The maximum atomic E-state index is 11.5. The van der Waals surface area contributed by atoms with Crippen LogP contribution in [0.1, 0.15) is 32.6 Å². The number of nitrogens with two attached hydrogens (primary N) is 1. The van der Waals surface area contributed by atoms with Gasteiger partial charge < -0.3 is 20.9 Å². The molecule has 6 nitrogen and oxygen atoms in total. The summed E-state index contributed by atoms with van der Waals surface area (Å²) in [5.41, 5.74) is 5.75. The zero-order valence-electron chi connectivity index (χ0n) is 11.6. The molecule has 0 radical (unpaired) electrons. The van der Waals surface area contributed by atoms with Crippen molar-refractivity contribution in [2.24, 2.45) is 0 Å². The fourth-order valence-corrected chi connectivity index (χ4v) is 2.81. The van der Waals surface area contributed by atoms with Crippen molar-refractivity contribution in [2.75, 3.05) is 24.2 Å². The minimum Gasteiger partial charge on any atom is -0.391 e. The van der Waals surface area contributed by atoms with Crippen LogP contribution in [0.3, 0.4) is 0 Å². The monoisotopic (exact) mass is 265 g/mol. The summed E-state index contributed by atoms with van der Waals surface area (Å²) in [6.45, 7) is 3.16. The molecule has 0 bridgehead atoms. The lowest BCUT2D eigenvalue weighted by atomic mass is 9.90. The Hall–Kier alpha value is -1.56. The van der Waals surface area contributed by atoms with Gasteiger partial charge in [-0.1, -0.05) is 6.92 Å². The van der Waals surface area contributed by atoms with E-state index in [1.54, 1.807) is 0 Å². The second-order valence-corrected chi connectivity index (χ2v) is 5.14. The van der Waals surface area contributed by atoms with Crippen LogP contribution in [-0.4, -0.2) is 35.6 Å². The molecule has 0 unspecified atom stereocenters. The molecule has 4 N–H and O–H groups in total. The van der Waals surface area contributed by atoms with E-state index in [-0.39, 0.29) is 11.2 Å². The first-order valence-corrected chi connectivity index (χ1v) is 6.92. The van der Waals surface area contributed by atoms with Crippen molar-refractivity contribution in [2.45, 2.75) is 44.7 Å². The molecule has 1 aliphatic rings. The Morgan fingerprint density at radius 2 is 2.16 bits per heavy atom. The Bertz CT molecular complexity index is 464. The van der Waals surface area contributed by atoms with E-state index in [2.05, 4.69) is 22.2 Å². The Morgan fingerprint density at radius 1 is 1.47 bits per heavy atom. The SMILES string of the molecule is CCNC1CCC(N(C)c2nc[nH]c(=O)c2N)CC1. The smallest absolute Gasteiger partial charge is 0.276 e. The summed E-state index contributed by atoms with van der Waals surface area (Å²) >= 11 is 0. The van der Waals surface area contributed by atoms with Crippen LogP contribution in [0.2, 0.25) is 0 Å². The lowest BCUT2D eigenvalue weighted by molar-refractivity contribution is 0.340. The van der Waals surface area contributed by atoms with Crippen LogP contribution in [0, 0.1) is 0 Å². The molecule has 0 spiro atoms. The van der Waals surface area contributed by atoms with Gasteiger partial charge in [0, 0.05) is 19.1 Å². The average molecular weight is 265 g/mol. The molecule has 0 saturated heterocycles. The highest BCUT2D eigenvalue weighted by molar-refractivity contribution is 5.60. The predicted molar refractivity (Wildman–Crippen MR) is 77.4 cm³/mol. The number of aromatic nitrogens is 2. The molecule has 1 aromatic heterocycles. The second-order valence-electron chi connectivity index (χ2n) is 5.14. The van der Waals surface area contributed by atoms with E-state index in [9.17, 15) is 4.79 Å². The zero-order valence-corrected chi connectivity index (χ0v) is 11.6. The average Bonchev–Trinajstić information content (AvgIpc) is 2.42. The largest absolute Gasteiger partial charge is 0.391 e. The minimum atomic E-state index is -0.266. The molecule has 0 atom stereocenters. The molecular weight excluding hydrogens is 242 g/mol. The van der Waals surface area contributed by atoms with Crippen LogP contribution >= 0.6 is 0 Å². The highest BCUT2D eigenvalue weighted by atomic mass is 16.1. The van der Waals surface area contributed by atoms with Crippen LogP contribution in [0.4, 0.5) is 11.5 Å². The second kappa shape index (κ2) is 6.06. The van der Waals surface area contributed by atoms with E-state index in [1.807, 2.05) is 11.9 Å². The van der Waals surface area contributed by atoms with Crippen LogP contribution in [0.25, 0.3) is 0 Å². The van der Waals surface area contributed by atoms with Crippen molar-refractivity contribution in [3.8, 4) is 0 Å². The van der Waals surface area contributed by atoms with Gasteiger partial charge >= 0.3 is 0 Å². The summed E-state index contributed by atoms with van der Waals surface area (Å²) in [5.74, 6) is 0.593. The number of rotatable bonds is 4. The Morgan fingerprint density at radius 3 is 2.79 bits per heavy atom. The zero-order chi connectivity index (χ0) is 13.8. The maximum Gasteiger partial charge on any atom is 0.276 e. The minimum absolute atomic E-state index is 0.207. The summed E-state index contributed by atoms with van der Waals surface area (Å²) in [6, 6.07) is 1.03. The molecule has 0 amide bonds. The van der Waals surface area contributed by atoms with Gasteiger partial charge in [-0.15, -0.1) is 0 Å². The van der Waals surface area contributed by atoms with Crippen LogP contribution in [-0.2, 0) is 0 Å². The standard InChI is InChI=1S/C13H23N5O/c1-3-15-9-4-6-10(7-5-9)18(2)12-11(14)13(19)17-8-16-12/h8-10,15H,3-7,14H2,1-2H3,(H,16,17,19). The lowest BCUT2D eigenvalue weighted by Gasteiger charge is -2.35. The van der Waals surface area contributed by atoms with Crippen molar-refractivity contribution in [3.05, 3.63) is 16.7 Å². The molecule has 106 valence electrons. The first kappa shape index (κ1) is 13.9. The van der Waals surface area contributed by atoms with E-state index in [0.717, 1.165) is 32.2 Å². The number of hydrogen-bond donors (Lipinski definition) is 3. The number of H-pyrrole nitrogens is 1. The third-order valence-corrected chi connectivity index (χ3v) is 3.94. The van der Waals surface area contributed by atoms with Gasteiger partial charge in [0.15, 0.2) is 5.82 Å². The van der Waals surface area contributed by atoms with Gasteiger partial charge in [-0.2, -0.15) is 0 Å². The molecule has 19 heavy (non-hydrogen) atoms. The van der Waals surface area contributed by atoms with E-state index < -0.39 is 0 Å². The summed E-state index contributed by atoms with van der Waals surface area (Å²) < 4.78 is 0. The van der Waals surface area contributed by atoms with Crippen molar-refractivity contribution >= 4 is 11.5 Å². The molecule has 1 fully saturated rings. The van der Waals surface area contributed by atoms with Crippen molar-refractivity contribution in [3.63, 3.8) is 0 Å². The van der Waals surface area contributed by atoms with E-state index >= 15 is 0 Å². The van der Waals surface area contributed by atoms with E-state index in [1.165, 1.54) is 6.33 Å². The Kier molecular flexibility index (Phi) is 4.42. The van der Waals surface area contributed by atoms with Crippen molar-refractivity contribution in [1.82, 2.24) is 15.3 Å². The molecule has 0 aliphatic heterocycles. The summed E-state index contributed by atoms with van der Waals surface area (Å²) in [7, 11) is 1.97. The van der Waals surface area contributed by atoms with Crippen LogP contribution in [0.15, 0.2) is 11.1 Å². The summed E-state index contributed by atoms with van der Waals surface area (Å²) in [5, 5.41) is 3.49. The fraction of sp³-hybridized carbons (Fsp3) is 0.692. The quantitative estimate of drug-likeness (QED) is 0.746. The van der Waals surface area contributed by atoms with Crippen molar-refractivity contribution < 1.29 is 0 Å². The third-order valence-electron chi connectivity index (χ3n) is 3.94. The van der Waals surface area contributed by atoms with Gasteiger partial charge in [-0.3, -0.25) is 4.79 Å². The highest BCUT2D eigenvalue weighted by Gasteiger charge is 2.25. The number of nitrogen functional groups attached to an aromatic ring is 1. The van der Waals surface area contributed by atoms with Gasteiger partial charge in [0.2, 0.25) is 0 Å². The van der Waals surface area contributed by atoms with Gasteiger partial charge in [0.05, 0.1) is 6.33 Å². The van der Waals surface area contributed by atoms with E-state index in [0.29, 0.717) is 17.9 Å². The van der Waals surface area contributed by atoms with E-state index in [4.69, 9.17) is 5.73 Å². The molecule has 1 saturated carbocycles. The first-order chi connectivity index (χ1) is 9.13. The van der Waals surface area contributed by atoms with Crippen molar-refractivity contribution in [1.29, 1.82) is 0 Å². The molecular formula is C13H23N5O. The topological polar surface area (TPSA) is 87.0 Å². The van der Waals surface area contributed by atoms with Gasteiger partial charge in [0.25, 0.3) is 5.56 Å². The molecule has 1 aliphatic carbocycles. The molecule has 2 rings (SSSR count). The molecule has 1 aromatic rings. The van der Waals surface area contributed by atoms with Crippen LogP contribution in [0.5, 0.6) is 0 Å². The maximum absolute atomic E-state index is 11.5. The Labute approximate surface area is 113 Å². The normalized spacial score (nSPS) is 23.3. The number of anilines is 2. The number of aromatic amines is 1. The Balaban J connectivity index is 2.03. The molecule has 1 heterocycles. The third kappa shape index (κ3) is 3.07. The van der Waals surface area contributed by atoms with Crippen LogP contribution < -0.4 is 21.5 Å². The van der Waals surface area contributed by atoms with Gasteiger partial charge in [0.1, 0.15) is 5.69 Å². The van der Waals surface area contributed by atoms with Gasteiger partial charge in [-0.05, 0) is 32.2 Å². The molecule has 0 aromatic carbocycles. The van der Waals surface area contributed by atoms with Gasteiger partial charge in [-0.25, -0.2) is 4.98 Å².